The van der Waals surface area contributed by atoms with E-state index < -0.39 is 28.9 Å². The van der Waals surface area contributed by atoms with Gasteiger partial charge in [-0.05, 0) is 31.2 Å². The molecule has 2 N–H and O–H groups in total. The van der Waals surface area contributed by atoms with Crippen LogP contribution in [0.2, 0.25) is 0 Å². The highest BCUT2D eigenvalue weighted by atomic mass is 19.4. The van der Waals surface area contributed by atoms with Gasteiger partial charge < -0.3 is 0 Å². The average molecular weight is 389 g/mol. The van der Waals surface area contributed by atoms with Crippen LogP contribution in [0.5, 0.6) is 0 Å². The molecule has 0 aliphatic carbocycles. The lowest BCUT2D eigenvalue weighted by molar-refractivity contribution is -0.0584. The molecule has 3 rings (SSSR count). The SMILES string of the molecule is Cc1[nH]n(-c2ccccc2)c(=O)c1C(=NNC(=O)c1cccnc1)C(F)(F)F. The Labute approximate surface area is 156 Å². The van der Waals surface area contributed by atoms with Crippen LogP contribution in [0.3, 0.4) is 0 Å². The van der Waals surface area contributed by atoms with E-state index in [9.17, 15) is 22.8 Å². The fourth-order valence-corrected chi connectivity index (χ4v) is 2.51. The number of aryl methyl sites for hydroxylation is 1. The maximum Gasteiger partial charge on any atom is 0.435 e. The maximum atomic E-state index is 13.6. The molecule has 2 heterocycles. The number of aromatic nitrogens is 3. The topological polar surface area (TPSA) is 92.1 Å². The number of halogens is 3. The zero-order valence-corrected chi connectivity index (χ0v) is 14.5. The second-order valence-corrected chi connectivity index (χ2v) is 5.73. The first-order valence-corrected chi connectivity index (χ1v) is 8.01. The summed E-state index contributed by atoms with van der Waals surface area (Å²) >= 11 is 0. The van der Waals surface area contributed by atoms with Crippen molar-refractivity contribution >= 4 is 11.6 Å². The van der Waals surface area contributed by atoms with Gasteiger partial charge >= 0.3 is 6.18 Å². The largest absolute Gasteiger partial charge is 0.435 e. The number of hydrogen-bond donors (Lipinski definition) is 2. The van der Waals surface area contributed by atoms with Crippen LogP contribution in [0.1, 0.15) is 21.6 Å². The Morgan fingerprint density at radius 3 is 2.50 bits per heavy atom. The number of H-pyrrole nitrogens is 1. The summed E-state index contributed by atoms with van der Waals surface area (Å²) in [5.41, 5.74) is -0.929. The molecule has 7 nitrogen and oxygen atoms in total. The highest BCUT2D eigenvalue weighted by Crippen LogP contribution is 2.22. The van der Waals surface area contributed by atoms with Crippen LogP contribution in [-0.4, -0.2) is 32.6 Å². The Morgan fingerprint density at radius 1 is 1.18 bits per heavy atom. The van der Waals surface area contributed by atoms with Gasteiger partial charge in [-0.15, -0.1) is 0 Å². The second kappa shape index (κ2) is 7.51. The molecule has 0 fully saturated rings. The Balaban J connectivity index is 2.03. The van der Waals surface area contributed by atoms with Gasteiger partial charge in [0.25, 0.3) is 11.5 Å². The summed E-state index contributed by atoms with van der Waals surface area (Å²) in [6.45, 7) is 1.32. The van der Waals surface area contributed by atoms with E-state index in [1.54, 1.807) is 30.3 Å². The second-order valence-electron chi connectivity index (χ2n) is 5.73. The van der Waals surface area contributed by atoms with E-state index in [1.807, 2.05) is 5.43 Å². The van der Waals surface area contributed by atoms with E-state index in [4.69, 9.17) is 0 Å². The van der Waals surface area contributed by atoms with Crippen molar-refractivity contribution in [3.63, 3.8) is 0 Å². The number of carbonyl (C=O) groups is 1. The minimum Gasteiger partial charge on any atom is -0.295 e. The van der Waals surface area contributed by atoms with E-state index in [0.29, 0.717) is 5.69 Å². The highest BCUT2D eigenvalue weighted by molar-refractivity contribution is 6.06. The number of nitrogens with one attached hydrogen (secondary N) is 2. The number of pyridine rings is 1. The fourth-order valence-electron chi connectivity index (χ4n) is 2.51. The van der Waals surface area contributed by atoms with Gasteiger partial charge in [0.1, 0.15) is 0 Å². The predicted molar refractivity (Wildman–Crippen MR) is 95.4 cm³/mol. The third kappa shape index (κ3) is 3.85. The summed E-state index contributed by atoms with van der Waals surface area (Å²) in [5, 5.41) is 5.80. The van der Waals surface area contributed by atoms with Crippen LogP contribution in [-0.2, 0) is 0 Å². The number of rotatable bonds is 4. The number of aromatic amines is 1. The van der Waals surface area contributed by atoms with E-state index in [-0.39, 0.29) is 11.3 Å². The third-order valence-corrected chi connectivity index (χ3v) is 3.78. The number of carbonyl (C=O) groups excluding carboxylic acids is 1. The molecule has 1 aromatic carbocycles. The number of hydrazone groups is 1. The zero-order chi connectivity index (χ0) is 20.3. The third-order valence-electron chi connectivity index (χ3n) is 3.78. The molecule has 0 spiro atoms. The molecule has 0 saturated carbocycles. The lowest BCUT2D eigenvalue weighted by Gasteiger charge is -2.09. The molecule has 28 heavy (non-hydrogen) atoms. The molecule has 0 saturated heterocycles. The van der Waals surface area contributed by atoms with Crippen molar-refractivity contribution in [2.75, 3.05) is 0 Å². The molecule has 10 heteroatoms. The lowest BCUT2D eigenvalue weighted by atomic mass is 10.1. The summed E-state index contributed by atoms with van der Waals surface area (Å²) in [6, 6.07) is 11.0. The Hall–Kier alpha value is -3.69. The van der Waals surface area contributed by atoms with Crippen molar-refractivity contribution in [2.24, 2.45) is 5.10 Å². The maximum absolute atomic E-state index is 13.6. The number of nitrogens with zero attached hydrogens (tertiary/aromatic N) is 3. The summed E-state index contributed by atoms with van der Waals surface area (Å²) < 4.78 is 41.7. The number of alkyl halides is 3. The summed E-state index contributed by atoms with van der Waals surface area (Å²) in [5.74, 6) is -0.883. The normalized spacial score (nSPS) is 12.1. The molecule has 0 aliphatic heterocycles. The van der Waals surface area contributed by atoms with Crippen molar-refractivity contribution in [1.82, 2.24) is 20.2 Å². The first-order chi connectivity index (χ1) is 13.3. The van der Waals surface area contributed by atoms with Crippen molar-refractivity contribution in [2.45, 2.75) is 13.1 Å². The molecule has 0 radical (unpaired) electrons. The van der Waals surface area contributed by atoms with Gasteiger partial charge in [0, 0.05) is 18.1 Å². The quantitative estimate of drug-likeness (QED) is 0.531. The average Bonchev–Trinajstić information content (AvgIpc) is 2.97. The standard InChI is InChI=1S/C18H14F3N5O2/c1-11-14(17(28)26(25-11)13-7-3-2-4-8-13)15(18(19,20)21)23-24-16(27)12-6-5-9-22-10-12/h2-10,25H,1H3,(H,24,27). The van der Waals surface area contributed by atoms with Gasteiger partial charge in [0.2, 0.25) is 0 Å². The van der Waals surface area contributed by atoms with Gasteiger partial charge in [0.15, 0.2) is 5.71 Å². The smallest absolute Gasteiger partial charge is 0.295 e. The molecule has 2 aromatic heterocycles. The minimum atomic E-state index is -4.97. The van der Waals surface area contributed by atoms with Crippen molar-refractivity contribution in [3.8, 4) is 5.69 Å². The summed E-state index contributed by atoms with van der Waals surface area (Å²) in [6.07, 6.45) is -2.37. The van der Waals surface area contributed by atoms with Gasteiger partial charge in [0.05, 0.1) is 16.8 Å². The molecule has 3 aromatic rings. The Kier molecular flexibility index (Phi) is 5.12. The van der Waals surface area contributed by atoms with Crippen molar-refractivity contribution in [3.05, 3.63) is 82.0 Å². The van der Waals surface area contributed by atoms with E-state index in [1.165, 1.54) is 31.5 Å². The molecular weight excluding hydrogens is 375 g/mol. The molecule has 144 valence electrons. The van der Waals surface area contributed by atoms with Crippen LogP contribution in [0.15, 0.2) is 64.8 Å². The van der Waals surface area contributed by atoms with Gasteiger partial charge in [-0.3, -0.25) is 19.7 Å². The van der Waals surface area contributed by atoms with Crippen molar-refractivity contribution < 1.29 is 18.0 Å². The first kappa shape index (κ1) is 19.1. The monoisotopic (exact) mass is 389 g/mol. The van der Waals surface area contributed by atoms with Crippen LogP contribution in [0, 0.1) is 6.92 Å². The molecule has 0 atom stereocenters. The van der Waals surface area contributed by atoms with Crippen LogP contribution < -0.4 is 11.0 Å². The molecule has 0 bridgehead atoms. The predicted octanol–water partition coefficient (Wildman–Crippen LogP) is 2.57. The lowest BCUT2D eigenvalue weighted by Crippen LogP contribution is -2.33. The van der Waals surface area contributed by atoms with Gasteiger partial charge in [-0.2, -0.15) is 18.3 Å². The number of benzene rings is 1. The number of amides is 1. The first-order valence-electron chi connectivity index (χ1n) is 8.01. The van der Waals surface area contributed by atoms with Crippen LogP contribution >= 0.6 is 0 Å². The van der Waals surface area contributed by atoms with E-state index >= 15 is 0 Å². The Bertz CT molecular complexity index is 1070. The molecule has 0 unspecified atom stereocenters. The Morgan fingerprint density at radius 2 is 1.89 bits per heavy atom. The molecule has 1 amide bonds. The highest BCUT2D eigenvalue weighted by Gasteiger charge is 2.41. The zero-order valence-electron chi connectivity index (χ0n) is 14.5. The summed E-state index contributed by atoms with van der Waals surface area (Å²) in [4.78, 5) is 28.3. The number of hydrogen-bond acceptors (Lipinski definition) is 4. The molecular formula is C18H14F3N5O2. The fraction of sp³-hybridized carbons (Fsp3) is 0.111. The molecule has 0 aliphatic rings. The van der Waals surface area contributed by atoms with Crippen LogP contribution in [0.25, 0.3) is 5.69 Å². The summed E-state index contributed by atoms with van der Waals surface area (Å²) in [7, 11) is 0. The van der Waals surface area contributed by atoms with E-state index in [2.05, 4.69) is 15.2 Å². The van der Waals surface area contributed by atoms with Crippen LogP contribution in [0.4, 0.5) is 13.2 Å². The minimum absolute atomic E-state index is 0.0280. The van der Waals surface area contributed by atoms with Gasteiger partial charge in [-0.1, -0.05) is 18.2 Å². The van der Waals surface area contributed by atoms with Gasteiger partial charge in [-0.25, -0.2) is 10.1 Å². The number of para-hydroxylation sites is 1. The van der Waals surface area contributed by atoms with Crippen molar-refractivity contribution in [1.29, 1.82) is 0 Å². The van der Waals surface area contributed by atoms with E-state index in [0.717, 1.165) is 4.68 Å².